The molecule has 27 heavy (non-hydrogen) atoms. The molecule has 1 aromatic rings. The molecule has 9 heteroatoms. The molecule has 1 aromatic carbocycles. The van der Waals surface area contributed by atoms with Crippen LogP contribution >= 0.6 is 11.8 Å². The van der Waals surface area contributed by atoms with E-state index in [1.165, 1.54) is 12.1 Å². The topological polar surface area (TPSA) is 41.6 Å². The number of fused-ring (bicyclic) bond motifs is 1. The second-order valence-corrected chi connectivity index (χ2v) is 8.53. The SMILES string of the molecule is CC(F)(F)C(=O)NC[C@H]1CN(c2cc(F)c(C3[C@H]4CSC[C@@H]34)c(F)c2)CO1. The van der Waals surface area contributed by atoms with E-state index in [9.17, 15) is 22.4 Å². The van der Waals surface area contributed by atoms with E-state index in [-0.39, 0.29) is 31.3 Å². The minimum atomic E-state index is -3.46. The molecular formula is C18H20F4N2O2S. The first kappa shape index (κ1) is 18.9. The van der Waals surface area contributed by atoms with Crippen LogP contribution in [0.1, 0.15) is 18.4 Å². The lowest BCUT2D eigenvalue weighted by Gasteiger charge is -2.18. The van der Waals surface area contributed by atoms with Crippen molar-refractivity contribution in [1.29, 1.82) is 0 Å². The molecule has 1 amide bonds. The van der Waals surface area contributed by atoms with Crippen LogP contribution in [0.2, 0.25) is 0 Å². The predicted molar refractivity (Wildman–Crippen MR) is 94.1 cm³/mol. The van der Waals surface area contributed by atoms with E-state index in [4.69, 9.17) is 4.74 Å². The van der Waals surface area contributed by atoms with Crippen molar-refractivity contribution in [3.63, 3.8) is 0 Å². The molecule has 1 saturated carbocycles. The molecule has 2 heterocycles. The number of hydrogen-bond donors (Lipinski definition) is 1. The van der Waals surface area contributed by atoms with E-state index in [0.717, 1.165) is 11.5 Å². The number of alkyl halides is 2. The van der Waals surface area contributed by atoms with Crippen molar-refractivity contribution in [2.75, 3.05) is 36.2 Å². The smallest absolute Gasteiger partial charge is 0.321 e. The van der Waals surface area contributed by atoms with E-state index in [2.05, 4.69) is 5.32 Å². The largest absolute Gasteiger partial charge is 0.354 e. The third kappa shape index (κ3) is 3.63. The predicted octanol–water partition coefficient (Wildman–Crippen LogP) is 2.98. The Labute approximate surface area is 158 Å². The number of carbonyl (C=O) groups excluding carboxylic acids is 1. The maximum absolute atomic E-state index is 14.6. The maximum atomic E-state index is 14.6. The Morgan fingerprint density at radius 2 is 1.93 bits per heavy atom. The number of nitrogens with one attached hydrogen (secondary N) is 1. The Morgan fingerprint density at radius 1 is 1.30 bits per heavy atom. The summed E-state index contributed by atoms with van der Waals surface area (Å²) in [5, 5.41) is 2.12. The molecule has 0 spiro atoms. The fourth-order valence-corrected chi connectivity index (χ4v) is 5.54. The van der Waals surface area contributed by atoms with Crippen LogP contribution in [-0.4, -0.2) is 49.3 Å². The van der Waals surface area contributed by atoms with Gasteiger partial charge in [-0.1, -0.05) is 0 Å². The van der Waals surface area contributed by atoms with Gasteiger partial charge in [-0.25, -0.2) is 8.78 Å². The van der Waals surface area contributed by atoms with Gasteiger partial charge in [0.25, 0.3) is 5.91 Å². The number of ether oxygens (including phenoxy) is 1. The van der Waals surface area contributed by atoms with Gasteiger partial charge in [-0.3, -0.25) is 4.79 Å². The lowest BCUT2D eigenvalue weighted by molar-refractivity contribution is -0.143. The molecule has 3 aliphatic rings. The summed E-state index contributed by atoms with van der Waals surface area (Å²) in [5.41, 5.74) is 0.534. The highest BCUT2D eigenvalue weighted by molar-refractivity contribution is 7.99. The molecule has 0 radical (unpaired) electrons. The Hall–Kier alpha value is -1.48. The summed E-state index contributed by atoms with van der Waals surface area (Å²) < 4.78 is 60.3. The number of nitrogens with zero attached hydrogens (tertiary/aromatic N) is 1. The van der Waals surface area contributed by atoms with E-state index in [0.29, 0.717) is 24.4 Å². The molecule has 3 fully saturated rings. The first-order chi connectivity index (χ1) is 12.8. The highest BCUT2D eigenvalue weighted by Crippen LogP contribution is 2.61. The van der Waals surface area contributed by atoms with Crippen LogP contribution in [0.4, 0.5) is 23.2 Å². The van der Waals surface area contributed by atoms with Gasteiger partial charge in [0.2, 0.25) is 0 Å². The van der Waals surface area contributed by atoms with Gasteiger partial charge < -0.3 is 15.0 Å². The lowest BCUT2D eigenvalue weighted by Crippen LogP contribution is -2.42. The number of amides is 1. The van der Waals surface area contributed by atoms with Gasteiger partial charge in [-0.15, -0.1) is 0 Å². The molecule has 4 atom stereocenters. The summed E-state index contributed by atoms with van der Waals surface area (Å²) in [6.45, 7) is 0.751. The number of halogens is 4. The van der Waals surface area contributed by atoms with E-state index < -0.39 is 29.6 Å². The van der Waals surface area contributed by atoms with Crippen molar-refractivity contribution < 1.29 is 27.1 Å². The van der Waals surface area contributed by atoms with Gasteiger partial charge in [0.15, 0.2) is 0 Å². The van der Waals surface area contributed by atoms with E-state index in [1.54, 1.807) is 4.90 Å². The van der Waals surface area contributed by atoms with Crippen LogP contribution in [0.3, 0.4) is 0 Å². The number of hydrogen-bond acceptors (Lipinski definition) is 4. The standard InChI is InChI=1S/C18H20F4N2O2S/c1-18(21,22)17(25)23-4-10-5-24(8-26-10)9-2-13(19)16(14(20)3-9)15-11-6-27-7-12(11)15/h2-3,10-12,15H,4-8H2,1H3,(H,23,25)/t10-,11-,12+,15?/m0/s1. The summed E-state index contributed by atoms with van der Waals surface area (Å²) in [4.78, 5) is 12.8. The van der Waals surface area contributed by atoms with Crippen LogP contribution in [-0.2, 0) is 9.53 Å². The van der Waals surface area contributed by atoms with Crippen molar-refractivity contribution in [2.45, 2.75) is 24.9 Å². The zero-order valence-electron chi connectivity index (χ0n) is 14.7. The first-order valence-corrected chi connectivity index (χ1v) is 10.0. The fourth-order valence-electron chi connectivity index (χ4n) is 3.95. The monoisotopic (exact) mass is 404 g/mol. The number of carbonyl (C=O) groups is 1. The normalized spacial score (nSPS) is 29.7. The van der Waals surface area contributed by atoms with Gasteiger partial charge in [-0.05, 0) is 41.4 Å². The van der Waals surface area contributed by atoms with Crippen LogP contribution in [0.5, 0.6) is 0 Å². The highest BCUT2D eigenvalue weighted by atomic mass is 32.2. The number of benzene rings is 1. The van der Waals surface area contributed by atoms with Crippen molar-refractivity contribution >= 4 is 23.4 Å². The van der Waals surface area contributed by atoms with Crippen molar-refractivity contribution in [3.05, 3.63) is 29.3 Å². The zero-order chi connectivity index (χ0) is 19.3. The third-order valence-corrected chi connectivity index (χ3v) is 6.73. The molecular weight excluding hydrogens is 384 g/mol. The van der Waals surface area contributed by atoms with Crippen LogP contribution in [0.25, 0.3) is 0 Å². The molecule has 2 aliphatic heterocycles. The zero-order valence-corrected chi connectivity index (χ0v) is 15.5. The molecule has 2 saturated heterocycles. The van der Waals surface area contributed by atoms with Gasteiger partial charge >= 0.3 is 5.92 Å². The summed E-state index contributed by atoms with van der Waals surface area (Å²) >= 11 is 1.83. The molecule has 0 bridgehead atoms. The van der Waals surface area contributed by atoms with Gasteiger partial charge in [0.1, 0.15) is 18.4 Å². The molecule has 1 aliphatic carbocycles. The average molecular weight is 404 g/mol. The van der Waals surface area contributed by atoms with Crippen molar-refractivity contribution in [2.24, 2.45) is 11.8 Å². The third-order valence-electron chi connectivity index (χ3n) is 5.49. The summed E-state index contributed by atoms with van der Waals surface area (Å²) in [6, 6.07) is 2.62. The summed E-state index contributed by atoms with van der Waals surface area (Å²) in [7, 11) is 0. The average Bonchev–Trinajstić information content (AvgIpc) is 2.98. The molecule has 4 rings (SSSR count). The minimum Gasteiger partial charge on any atom is -0.354 e. The van der Waals surface area contributed by atoms with Crippen LogP contribution in [0, 0.1) is 23.5 Å². The Bertz CT molecular complexity index is 724. The van der Waals surface area contributed by atoms with E-state index in [1.807, 2.05) is 11.8 Å². The van der Waals surface area contributed by atoms with Crippen LogP contribution in [0.15, 0.2) is 12.1 Å². The Kier molecular flexibility index (Phi) is 4.78. The molecule has 4 nitrogen and oxygen atoms in total. The number of thioether (sulfide) groups is 1. The number of anilines is 1. The second kappa shape index (κ2) is 6.84. The maximum Gasteiger partial charge on any atom is 0.321 e. The Balaban J connectivity index is 1.39. The second-order valence-electron chi connectivity index (χ2n) is 7.45. The quantitative estimate of drug-likeness (QED) is 0.767. The highest BCUT2D eigenvalue weighted by Gasteiger charge is 2.55. The fraction of sp³-hybridized carbons (Fsp3) is 0.611. The lowest BCUT2D eigenvalue weighted by atomic mass is 10.1. The molecule has 0 aromatic heterocycles. The first-order valence-electron chi connectivity index (χ1n) is 8.85. The van der Waals surface area contributed by atoms with Gasteiger partial charge in [0.05, 0.1) is 6.10 Å². The van der Waals surface area contributed by atoms with Gasteiger partial charge in [0, 0.05) is 31.3 Å². The summed E-state index contributed by atoms with van der Waals surface area (Å²) in [5.74, 6) is -3.27. The van der Waals surface area contributed by atoms with Gasteiger partial charge in [-0.2, -0.15) is 20.5 Å². The number of rotatable bonds is 5. The molecule has 1 unspecified atom stereocenters. The summed E-state index contributed by atoms with van der Waals surface area (Å²) in [6.07, 6.45) is -0.526. The molecule has 148 valence electrons. The van der Waals surface area contributed by atoms with Crippen LogP contribution < -0.4 is 10.2 Å². The van der Waals surface area contributed by atoms with Crippen molar-refractivity contribution in [3.8, 4) is 0 Å². The Morgan fingerprint density at radius 3 is 2.52 bits per heavy atom. The van der Waals surface area contributed by atoms with E-state index >= 15 is 0 Å². The minimum absolute atomic E-state index is 0.0196. The molecule has 1 N–H and O–H groups in total. The van der Waals surface area contributed by atoms with Crippen molar-refractivity contribution in [1.82, 2.24) is 5.32 Å².